The number of rotatable bonds is 4. The highest BCUT2D eigenvalue weighted by atomic mass is 16.3. The first-order valence-corrected chi connectivity index (χ1v) is 8.23. The number of nitrogens with zero attached hydrogens (tertiary/aromatic N) is 4. The molecule has 3 heterocycles. The molecule has 0 N–H and O–H groups in total. The van der Waals surface area contributed by atoms with Crippen LogP contribution >= 0.6 is 0 Å². The largest absolute Gasteiger partial charge is 0.466 e. The Labute approximate surface area is 136 Å². The first-order chi connectivity index (χ1) is 11.0. The van der Waals surface area contributed by atoms with Crippen molar-refractivity contribution in [1.82, 2.24) is 19.7 Å². The Balaban J connectivity index is 1.87. The highest BCUT2D eigenvalue weighted by Crippen LogP contribution is 2.33. The van der Waals surface area contributed by atoms with Crippen LogP contribution in [0.15, 0.2) is 16.8 Å². The lowest BCUT2D eigenvalue weighted by Gasteiger charge is -2.24. The Kier molecular flexibility index (Phi) is 4.24. The minimum absolute atomic E-state index is 0.00152. The Morgan fingerprint density at radius 2 is 2.22 bits per heavy atom. The summed E-state index contributed by atoms with van der Waals surface area (Å²) in [5, 5.41) is 8.37. The Morgan fingerprint density at radius 3 is 2.87 bits per heavy atom. The van der Waals surface area contributed by atoms with Crippen molar-refractivity contribution in [3.8, 4) is 0 Å². The zero-order valence-corrected chi connectivity index (χ0v) is 14.2. The summed E-state index contributed by atoms with van der Waals surface area (Å²) in [7, 11) is 0. The molecule has 0 aliphatic carbocycles. The third kappa shape index (κ3) is 3.02. The molecule has 2 aromatic heterocycles. The molecule has 3 rings (SSSR count). The maximum Gasteiger partial charge on any atom is 0.258 e. The molecule has 1 atom stereocenters. The van der Waals surface area contributed by atoms with Crippen LogP contribution in [0.3, 0.4) is 0 Å². The van der Waals surface area contributed by atoms with Gasteiger partial charge in [-0.3, -0.25) is 4.79 Å². The molecule has 1 saturated heterocycles. The summed E-state index contributed by atoms with van der Waals surface area (Å²) < 4.78 is 7.59. The fourth-order valence-corrected chi connectivity index (χ4v) is 3.33. The average Bonchev–Trinajstić information content (AvgIpc) is 3.17. The zero-order valence-electron chi connectivity index (χ0n) is 14.2. The molecule has 0 spiro atoms. The normalized spacial score (nSPS) is 18.1. The van der Waals surface area contributed by atoms with Crippen LogP contribution in [-0.4, -0.2) is 32.1 Å². The Hall–Kier alpha value is -2.11. The molecule has 0 aromatic carbocycles. The number of amides is 1. The summed E-state index contributed by atoms with van der Waals surface area (Å²) in [5.74, 6) is 2.88. The number of carbonyl (C=O) groups is 1. The van der Waals surface area contributed by atoms with Gasteiger partial charge in [0.15, 0.2) is 5.82 Å². The maximum absolute atomic E-state index is 12.9. The highest BCUT2D eigenvalue weighted by molar-refractivity contribution is 5.95. The van der Waals surface area contributed by atoms with Gasteiger partial charge in [-0.05, 0) is 38.7 Å². The molecular weight excluding hydrogens is 292 g/mol. The van der Waals surface area contributed by atoms with Gasteiger partial charge in [-0.1, -0.05) is 13.8 Å². The van der Waals surface area contributed by atoms with Crippen LogP contribution in [0, 0.1) is 19.8 Å². The highest BCUT2D eigenvalue weighted by Gasteiger charge is 2.35. The van der Waals surface area contributed by atoms with Crippen molar-refractivity contribution in [3.05, 3.63) is 35.3 Å². The van der Waals surface area contributed by atoms with Crippen molar-refractivity contribution in [3.63, 3.8) is 0 Å². The number of hydrogen-bond donors (Lipinski definition) is 0. The molecule has 1 unspecified atom stereocenters. The molecule has 6 heteroatoms. The van der Waals surface area contributed by atoms with Gasteiger partial charge in [-0.2, -0.15) is 0 Å². The molecule has 0 saturated carbocycles. The number of aryl methyl sites for hydroxylation is 2. The average molecular weight is 316 g/mol. The van der Waals surface area contributed by atoms with E-state index < -0.39 is 0 Å². The van der Waals surface area contributed by atoms with Crippen LogP contribution < -0.4 is 0 Å². The van der Waals surface area contributed by atoms with E-state index in [0.717, 1.165) is 37.5 Å². The molecular formula is C17H24N4O2. The SMILES string of the molecule is Cc1cc(C(=O)N2CCCC2c2nncn2CC(C)C)c(C)o1. The smallest absolute Gasteiger partial charge is 0.258 e. The standard InChI is InChI=1S/C17H24N4O2/c1-11(2)9-20-10-18-19-16(20)15-6-5-7-21(15)17(22)14-8-12(3)23-13(14)4/h8,10-11,15H,5-7,9H2,1-4H3. The van der Waals surface area contributed by atoms with Crippen LogP contribution in [0.4, 0.5) is 0 Å². The quantitative estimate of drug-likeness (QED) is 0.869. The number of carbonyl (C=O) groups excluding carboxylic acids is 1. The number of furan rings is 1. The molecule has 124 valence electrons. The Morgan fingerprint density at radius 1 is 1.43 bits per heavy atom. The summed E-state index contributed by atoms with van der Waals surface area (Å²) in [4.78, 5) is 14.8. The third-order valence-electron chi connectivity index (χ3n) is 4.29. The third-order valence-corrected chi connectivity index (χ3v) is 4.29. The van der Waals surface area contributed by atoms with Crippen LogP contribution in [0.25, 0.3) is 0 Å². The van der Waals surface area contributed by atoms with E-state index in [-0.39, 0.29) is 11.9 Å². The minimum atomic E-state index is -0.00152. The maximum atomic E-state index is 12.9. The molecule has 23 heavy (non-hydrogen) atoms. The number of likely N-dealkylation sites (tertiary alicyclic amines) is 1. The topological polar surface area (TPSA) is 64.2 Å². The second-order valence-electron chi connectivity index (χ2n) is 6.72. The van der Waals surface area contributed by atoms with Crippen LogP contribution in [-0.2, 0) is 6.54 Å². The van der Waals surface area contributed by atoms with Gasteiger partial charge >= 0.3 is 0 Å². The van der Waals surface area contributed by atoms with Crippen LogP contribution in [0.5, 0.6) is 0 Å². The van der Waals surface area contributed by atoms with Gasteiger partial charge in [-0.25, -0.2) is 0 Å². The van der Waals surface area contributed by atoms with E-state index in [2.05, 4.69) is 28.6 Å². The number of aromatic nitrogens is 3. The van der Waals surface area contributed by atoms with Crippen molar-refractivity contribution in [1.29, 1.82) is 0 Å². The molecule has 1 aliphatic heterocycles. The monoisotopic (exact) mass is 316 g/mol. The van der Waals surface area contributed by atoms with E-state index in [1.54, 1.807) is 6.33 Å². The molecule has 1 fully saturated rings. The van der Waals surface area contributed by atoms with Gasteiger partial charge in [0, 0.05) is 13.1 Å². The molecule has 1 aliphatic rings. The van der Waals surface area contributed by atoms with Gasteiger partial charge < -0.3 is 13.9 Å². The predicted molar refractivity (Wildman–Crippen MR) is 86.1 cm³/mol. The van der Waals surface area contributed by atoms with Gasteiger partial charge in [0.2, 0.25) is 0 Å². The van der Waals surface area contributed by atoms with Crippen LogP contribution in [0.2, 0.25) is 0 Å². The van der Waals surface area contributed by atoms with Crippen molar-refractivity contribution in [2.45, 2.75) is 53.1 Å². The molecule has 1 amide bonds. The second kappa shape index (κ2) is 6.18. The lowest BCUT2D eigenvalue weighted by molar-refractivity contribution is 0.0725. The van der Waals surface area contributed by atoms with Gasteiger partial charge in [0.25, 0.3) is 5.91 Å². The Bertz CT molecular complexity index is 701. The van der Waals surface area contributed by atoms with Crippen molar-refractivity contribution in [2.75, 3.05) is 6.54 Å². The zero-order chi connectivity index (χ0) is 16.6. The van der Waals surface area contributed by atoms with E-state index in [0.29, 0.717) is 17.2 Å². The molecule has 2 aromatic rings. The van der Waals surface area contributed by atoms with E-state index in [1.165, 1.54) is 0 Å². The van der Waals surface area contributed by atoms with Crippen molar-refractivity contribution < 1.29 is 9.21 Å². The summed E-state index contributed by atoms with van der Waals surface area (Å²) in [5.41, 5.74) is 0.657. The summed E-state index contributed by atoms with van der Waals surface area (Å²) in [6.07, 6.45) is 3.68. The lowest BCUT2D eigenvalue weighted by Crippen LogP contribution is -2.32. The van der Waals surface area contributed by atoms with E-state index in [4.69, 9.17) is 4.42 Å². The molecule has 0 radical (unpaired) electrons. The summed E-state index contributed by atoms with van der Waals surface area (Å²) >= 11 is 0. The van der Waals surface area contributed by atoms with Crippen LogP contribution in [0.1, 0.15) is 60.4 Å². The van der Waals surface area contributed by atoms with E-state index >= 15 is 0 Å². The van der Waals surface area contributed by atoms with Crippen molar-refractivity contribution >= 4 is 5.91 Å². The van der Waals surface area contributed by atoms with Gasteiger partial charge in [0.05, 0.1) is 11.6 Å². The molecule has 6 nitrogen and oxygen atoms in total. The molecule has 0 bridgehead atoms. The number of hydrogen-bond acceptors (Lipinski definition) is 4. The summed E-state index contributed by atoms with van der Waals surface area (Å²) in [6.45, 7) is 9.65. The second-order valence-corrected chi connectivity index (χ2v) is 6.72. The predicted octanol–water partition coefficient (Wildman–Crippen LogP) is 3.12. The lowest BCUT2D eigenvalue weighted by atomic mass is 10.1. The van der Waals surface area contributed by atoms with E-state index in [1.807, 2.05) is 24.8 Å². The fourth-order valence-electron chi connectivity index (χ4n) is 3.33. The van der Waals surface area contributed by atoms with E-state index in [9.17, 15) is 4.79 Å². The van der Waals surface area contributed by atoms with Gasteiger partial charge in [0.1, 0.15) is 17.8 Å². The summed E-state index contributed by atoms with van der Waals surface area (Å²) in [6, 6.07) is 1.82. The fraction of sp³-hybridized carbons (Fsp3) is 0.588. The minimum Gasteiger partial charge on any atom is -0.466 e. The first-order valence-electron chi connectivity index (χ1n) is 8.23. The van der Waals surface area contributed by atoms with Gasteiger partial charge in [-0.15, -0.1) is 10.2 Å². The first kappa shape index (κ1) is 15.8. The van der Waals surface area contributed by atoms with Crippen molar-refractivity contribution in [2.24, 2.45) is 5.92 Å².